The summed E-state index contributed by atoms with van der Waals surface area (Å²) in [6.07, 6.45) is 2.97. The molecule has 0 heterocycles. The Morgan fingerprint density at radius 3 is 2.45 bits per heavy atom. The van der Waals surface area contributed by atoms with E-state index in [4.69, 9.17) is 9.84 Å². The van der Waals surface area contributed by atoms with Gasteiger partial charge in [-0.3, -0.25) is 0 Å². The summed E-state index contributed by atoms with van der Waals surface area (Å²) < 4.78 is 19.8. The summed E-state index contributed by atoms with van der Waals surface area (Å²) >= 11 is 2.98. The highest BCUT2D eigenvalue weighted by atomic mass is 79.9. The summed E-state index contributed by atoms with van der Waals surface area (Å²) in [5.41, 5.74) is -0.0970. The quantitative estimate of drug-likeness (QED) is 0.878. The van der Waals surface area contributed by atoms with Gasteiger partial charge >= 0.3 is 5.97 Å². The normalized spacial score (nSPS) is 26.3. The van der Waals surface area contributed by atoms with E-state index in [2.05, 4.69) is 29.8 Å². The average molecular weight is 345 g/mol. The molecule has 2 atom stereocenters. The van der Waals surface area contributed by atoms with Crippen molar-refractivity contribution in [1.29, 1.82) is 0 Å². The van der Waals surface area contributed by atoms with Crippen LogP contribution in [0.25, 0.3) is 0 Å². The minimum absolute atomic E-state index is 0.00849. The largest absolute Gasteiger partial charge is 0.487 e. The van der Waals surface area contributed by atoms with E-state index in [1.165, 1.54) is 18.6 Å². The zero-order chi connectivity index (χ0) is 14.9. The maximum atomic E-state index is 14.1. The molecule has 20 heavy (non-hydrogen) atoms. The molecule has 0 aromatic heterocycles. The molecule has 1 N–H and O–H groups in total. The van der Waals surface area contributed by atoms with Crippen molar-refractivity contribution in [2.75, 3.05) is 0 Å². The molecule has 3 nitrogen and oxygen atoms in total. The van der Waals surface area contributed by atoms with Gasteiger partial charge in [-0.15, -0.1) is 0 Å². The molecular weight excluding hydrogens is 327 g/mol. The number of carboxylic acid groups (broad SMARTS) is 1. The van der Waals surface area contributed by atoms with Gasteiger partial charge in [-0.05, 0) is 59.2 Å². The Hall–Kier alpha value is -1.10. The number of hydrogen-bond donors (Lipinski definition) is 1. The second-order valence-electron chi connectivity index (χ2n) is 5.70. The van der Waals surface area contributed by atoms with Gasteiger partial charge in [0.05, 0.1) is 16.1 Å². The topological polar surface area (TPSA) is 46.5 Å². The van der Waals surface area contributed by atoms with Crippen LogP contribution >= 0.6 is 15.9 Å². The number of halogens is 2. The fraction of sp³-hybridized carbons (Fsp3) is 0.533. The number of carboxylic acids is 1. The third kappa shape index (κ3) is 3.32. The van der Waals surface area contributed by atoms with E-state index >= 15 is 0 Å². The van der Waals surface area contributed by atoms with Crippen molar-refractivity contribution in [3.05, 3.63) is 28.0 Å². The molecular formula is C15H18BrFO3. The Morgan fingerprint density at radius 1 is 1.30 bits per heavy atom. The lowest BCUT2D eigenvalue weighted by atomic mass is 9.82. The van der Waals surface area contributed by atoms with Gasteiger partial charge in [-0.25, -0.2) is 9.18 Å². The Bertz CT molecular complexity index is 508. The second kappa shape index (κ2) is 6.12. The monoisotopic (exact) mass is 344 g/mol. The van der Waals surface area contributed by atoms with Gasteiger partial charge in [-0.2, -0.15) is 0 Å². The van der Waals surface area contributed by atoms with Gasteiger partial charge in [0.25, 0.3) is 0 Å². The number of ether oxygens (including phenoxy) is 1. The molecule has 0 radical (unpaired) electrons. The molecule has 1 aromatic carbocycles. The van der Waals surface area contributed by atoms with Crippen LogP contribution in [-0.2, 0) is 0 Å². The minimum atomic E-state index is -1.16. The van der Waals surface area contributed by atoms with Crippen molar-refractivity contribution < 1.29 is 19.0 Å². The summed E-state index contributed by atoms with van der Waals surface area (Å²) in [5.74, 6) is -0.562. The lowest BCUT2D eigenvalue weighted by Crippen LogP contribution is -2.28. The molecule has 0 aliphatic heterocycles. The maximum Gasteiger partial charge on any atom is 0.336 e. The van der Waals surface area contributed by atoms with E-state index in [9.17, 15) is 9.18 Å². The molecule has 1 aromatic rings. The van der Waals surface area contributed by atoms with E-state index < -0.39 is 11.8 Å². The average Bonchev–Trinajstić information content (AvgIpc) is 2.33. The lowest BCUT2D eigenvalue weighted by molar-refractivity contribution is 0.0694. The maximum absolute atomic E-state index is 14.1. The van der Waals surface area contributed by atoms with Crippen LogP contribution in [0.5, 0.6) is 5.75 Å². The van der Waals surface area contributed by atoms with Crippen LogP contribution in [0.2, 0.25) is 0 Å². The first kappa shape index (κ1) is 15.3. The van der Waals surface area contributed by atoms with Crippen LogP contribution in [0.1, 0.15) is 43.5 Å². The summed E-state index contributed by atoms with van der Waals surface area (Å²) in [4.78, 5) is 10.9. The fourth-order valence-corrected chi connectivity index (χ4v) is 3.43. The smallest absolute Gasteiger partial charge is 0.336 e. The van der Waals surface area contributed by atoms with Gasteiger partial charge in [0.1, 0.15) is 0 Å². The van der Waals surface area contributed by atoms with Crippen molar-refractivity contribution in [3.8, 4) is 5.75 Å². The molecule has 2 unspecified atom stereocenters. The first-order valence-electron chi connectivity index (χ1n) is 6.76. The molecule has 1 aliphatic rings. The van der Waals surface area contributed by atoms with E-state index in [0.29, 0.717) is 11.8 Å². The third-order valence-electron chi connectivity index (χ3n) is 3.71. The highest BCUT2D eigenvalue weighted by Gasteiger charge is 2.27. The Balaban J connectivity index is 2.18. The molecule has 2 rings (SSSR count). The van der Waals surface area contributed by atoms with Crippen LogP contribution in [0.4, 0.5) is 4.39 Å². The first-order chi connectivity index (χ1) is 9.38. The summed E-state index contributed by atoms with van der Waals surface area (Å²) in [6.45, 7) is 4.34. The van der Waals surface area contributed by atoms with Crippen molar-refractivity contribution >= 4 is 21.9 Å². The van der Waals surface area contributed by atoms with Crippen molar-refractivity contribution in [2.24, 2.45) is 11.8 Å². The fourth-order valence-electron chi connectivity index (χ4n) is 2.94. The molecule has 0 bridgehead atoms. The molecule has 1 fully saturated rings. The number of carbonyl (C=O) groups is 1. The zero-order valence-electron chi connectivity index (χ0n) is 11.5. The molecule has 1 aliphatic carbocycles. The third-order valence-corrected chi connectivity index (χ3v) is 4.48. The summed E-state index contributed by atoms with van der Waals surface area (Å²) in [5, 5.41) is 8.93. The SMILES string of the molecule is CC1CC(C)CC(Oc2ccc(C(=O)O)c(Br)c2F)C1. The van der Waals surface area contributed by atoms with Gasteiger partial charge in [-0.1, -0.05) is 13.8 Å². The lowest BCUT2D eigenvalue weighted by Gasteiger charge is -2.31. The first-order valence-corrected chi connectivity index (χ1v) is 7.55. The molecule has 1 saturated carbocycles. The molecule has 5 heteroatoms. The van der Waals surface area contributed by atoms with Crippen LogP contribution in [0.15, 0.2) is 16.6 Å². The predicted octanol–water partition coefficient (Wildman–Crippen LogP) is 4.49. The van der Waals surface area contributed by atoms with Crippen LogP contribution in [0.3, 0.4) is 0 Å². The number of hydrogen-bond acceptors (Lipinski definition) is 2. The van der Waals surface area contributed by atoms with E-state index in [-0.39, 0.29) is 21.9 Å². The molecule has 110 valence electrons. The van der Waals surface area contributed by atoms with Crippen molar-refractivity contribution in [1.82, 2.24) is 0 Å². The van der Waals surface area contributed by atoms with Crippen molar-refractivity contribution in [3.63, 3.8) is 0 Å². The van der Waals surface area contributed by atoms with Gasteiger partial charge in [0, 0.05) is 0 Å². The Labute approximate surface area is 126 Å². The second-order valence-corrected chi connectivity index (χ2v) is 6.49. The van der Waals surface area contributed by atoms with E-state index in [1.54, 1.807) is 0 Å². The van der Waals surface area contributed by atoms with Crippen LogP contribution in [-0.4, -0.2) is 17.2 Å². The highest BCUT2D eigenvalue weighted by molar-refractivity contribution is 9.10. The van der Waals surface area contributed by atoms with Gasteiger partial charge in [0.15, 0.2) is 11.6 Å². The van der Waals surface area contributed by atoms with E-state index in [1.807, 2.05) is 0 Å². The number of rotatable bonds is 3. The Morgan fingerprint density at radius 2 is 1.90 bits per heavy atom. The van der Waals surface area contributed by atoms with Crippen LogP contribution < -0.4 is 4.74 Å². The standard InChI is InChI=1S/C15H18BrFO3/c1-8-5-9(2)7-10(6-8)20-12-4-3-11(15(18)19)13(16)14(12)17/h3-4,8-10H,5-7H2,1-2H3,(H,18,19). The highest BCUT2D eigenvalue weighted by Crippen LogP contribution is 2.34. The molecule has 0 saturated heterocycles. The predicted molar refractivity (Wildman–Crippen MR) is 77.7 cm³/mol. The summed E-state index contributed by atoms with van der Waals surface area (Å²) in [7, 11) is 0. The van der Waals surface area contributed by atoms with Crippen molar-refractivity contribution in [2.45, 2.75) is 39.2 Å². The van der Waals surface area contributed by atoms with E-state index in [0.717, 1.165) is 12.8 Å². The minimum Gasteiger partial charge on any atom is -0.487 e. The molecule has 0 spiro atoms. The van der Waals surface area contributed by atoms with Gasteiger partial charge < -0.3 is 9.84 Å². The van der Waals surface area contributed by atoms with Gasteiger partial charge in [0.2, 0.25) is 0 Å². The van der Waals surface area contributed by atoms with Crippen LogP contribution in [0, 0.1) is 17.7 Å². The summed E-state index contributed by atoms with van der Waals surface area (Å²) in [6, 6.07) is 2.76. The Kier molecular flexibility index (Phi) is 4.68. The zero-order valence-corrected chi connectivity index (χ0v) is 13.1. The molecule has 0 amide bonds. The number of aromatic carboxylic acids is 1. The number of benzene rings is 1.